The number of rotatable bonds is 4. The number of hydrogen-bond acceptors (Lipinski definition) is 4. The first kappa shape index (κ1) is 11.1. The molecule has 1 heterocycles. The first-order valence-corrected chi connectivity index (χ1v) is 6.39. The Morgan fingerprint density at radius 2 is 2.33 bits per heavy atom. The van der Waals surface area contributed by atoms with Gasteiger partial charge in [-0.3, -0.25) is 0 Å². The molecule has 0 radical (unpaired) electrons. The lowest BCUT2D eigenvalue weighted by Crippen LogP contribution is -2.02. The summed E-state index contributed by atoms with van der Waals surface area (Å²) < 4.78 is 5.59. The molecule has 0 unspecified atom stereocenters. The molecule has 0 spiro atoms. The number of nitrogens with two attached hydrogens (primary N) is 1. The summed E-state index contributed by atoms with van der Waals surface area (Å²) in [7, 11) is 0. The van der Waals surface area contributed by atoms with Crippen LogP contribution >= 0.6 is 0 Å². The maximum atomic E-state index is 5.70. The fraction of sp³-hybridized carbons (Fsp3) is 0.357. The van der Waals surface area contributed by atoms with Gasteiger partial charge < -0.3 is 15.5 Å². The van der Waals surface area contributed by atoms with Crippen LogP contribution in [0.15, 0.2) is 34.3 Å². The highest BCUT2D eigenvalue weighted by Gasteiger charge is 2.07. The number of allylic oxidation sites excluding steroid dienone is 1. The lowest BCUT2D eigenvalue weighted by molar-refractivity contribution is 0.614. The summed E-state index contributed by atoms with van der Waals surface area (Å²) in [4.78, 5) is 4.37. The summed E-state index contributed by atoms with van der Waals surface area (Å²) in [6, 6.07) is 6.08. The summed E-state index contributed by atoms with van der Waals surface area (Å²) in [5.41, 5.74) is 9.51. The Morgan fingerprint density at radius 3 is 3.17 bits per heavy atom. The van der Waals surface area contributed by atoms with Gasteiger partial charge in [0.15, 0.2) is 5.58 Å². The molecular weight excluding hydrogens is 226 g/mol. The van der Waals surface area contributed by atoms with Crippen molar-refractivity contribution in [2.75, 3.05) is 17.6 Å². The number of benzene rings is 1. The van der Waals surface area contributed by atoms with Crippen LogP contribution in [-0.2, 0) is 0 Å². The number of aromatic nitrogens is 1. The molecule has 1 aromatic carbocycles. The average molecular weight is 243 g/mol. The molecule has 4 heteroatoms. The largest absolute Gasteiger partial charge is 0.423 e. The van der Waals surface area contributed by atoms with Crippen molar-refractivity contribution < 1.29 is 4.42 Å². The second-order valence-corrected chi connectivity index (χ2v) is 4.68. The standard InChI is InChI=1S/C14H17N3O/c15-11-5-6-12-13(9-11)18-14(17-12)16-8-7-10-3-1-2-4-10/h3,5-6,9H,1-2,4,7-8,15H2,(H,16,17). The summed E-state index contributed by atoms with van der Waals surface area (Å²) in [5, 5.41) is 3.22. The average Bonchev–Trinajstić information content (AvgIpc) is 2.97. The zero-order chi connectivity index (χ0) is 12.4. The SMILES string of the molecule is Nc1ccc2nc(NCCC3=CCCC3)oc2c1. The molecule has 0 fully saturated rings. The van der Waals surface area contributed by atoms with Gasteiger partial charge in [-0.05, 0) is 37.8 Å². The Labute approximate surface area is 106 Å². The van der Waals surface area contributed by atoms with E-state index in [1.165, 1.54) is 19.3 Å². The Morgan fingerprint density at radius 1 is 1.39 bits per heavy atom. The van der Waals surface area contributed by atoms with Crippen LogP contribution < -0.4 is 11.1 Å². The number of oxazole rings is 1. The highest BCUT2D eigenvalue weighted by molar-refractivity contribution is 5.78. The molecular formula is C14H17N3O. The van der Waals surface area contributed by atoms with Crippen molar-refractivity contribution in [3.8, 4) is 0 Å². The molecule has 3 rings (SSSR count). The summed E-state index contributed by atoms with van der Waals surface area (Å²) in [6.07, 6.45) is 7.19. The van der Waals surface area contributed by atoms with Gasteiger partial charge in [0.2, 0.25) is 0 Å². The molecule has 18 heavy (non-hydrogen) atoms. The molecule has 0 saturated carbocycles. The van der Waals surface area contributed by atoms with E-state index in [0.29, 0.717) is 11.7 Å². The third kappa shape index (κ3) is 2.32. The molecule has 1 aliphatic carbocycles. The summed E-state index contributed by atoms with van der Waals surface area (Å²) in [5.74, 6) is 0. The van der Waals surface area contributed by atoms with E-state index in [9.17, 15) is 0 Å². The van der Waals surface area contributed by atoms with E-state index >= 15 is 0 Å². The normalized spacial score (nSPS) is 15.0. The fourth-order valence-corrected chi connectivity index (χ4v) is 2.31. The van der Waals surface area contributed by atoms with Crippen LogP contribution in [-0.4, -0.2) is 11.5 Å². The zero-order valence-electron chi connectivity index (χ0n) is 10.3. The van der Waals surface area contributed by atoms with E-state index in [1.54, 1.807) is 11.6 Å². The predicted octanol–water partition coefficient (Wildman–Crippen LogP) is 3.32. The molecule has 94 valence electrons. The van der Waals surface area contributed by atoms with Gasteiger partial charge in [-0.15, -0.1) is 0 Å². The van der Waals surface area contributed by atoms with Crippen molar-refractivity contribution in [2.45, 2.75) is 25.7 Å². The van der Waals surface area contributed by atoms with E-state index < -0.39 is 0 Å². The van der Waals surface area contributed by atoms with Crippen LogP contribution in [0.2, 0.25) is 0 Å². The highest BCUT2D eigenvalue weighted by Crippen LogP contribution is 2.23. The van der Waals surface area contributed by atoms with Gasteiger partial charge in [-0.1, -0.05) is 11.6 Å². The van der Waals surface area contributed by atoms with Gasteiger partial charge in [0, 0.05) is 18.3 Å². The van der Waals surface area contributed by atoms with Crippen molar-refractivity contribution >= 4 is 22.8 Å². The van der Waals surface area contributed by atoms with Gasteiger partial charge in [0.05, 0.1) is 0 Å². The summed E-state index contributed by atoms with van der Waals surface area (Å²) in [6.45, 7) is 0.869. The molecule has 0 atom stereocenters. The maximum absolute atomic E-state index is 5.70. The highest BCUT2D eigenvalue weighted by atomic mass is 16.4. The molecule has 2 aromatic rings. The van der Waals surface area contributed by atoms with Crippen LogP contribution in [0.5, 0.6) is 0 Å². The number of hydrogen-bond donors (Lipinski definition) is 2. The molecule has 0 bridgehead atoms. The van der Waals surface area contributed by atoms with Crippen LogP contribution in [0.3, 0.4) is 0 Å². The first-order valence-electron chi connectivity index (χ1n) is 6.39. The molecule has 1 aliphatic rings. The molecule has 0 saturated heterocycles. The molecule has 0 aliphatic heterocycles. The predicted molar refractivity (Wildman–Crippen MR) is 73.5 cm³/mol. The topological polar surface area (TPSA) is 64.1 Å². The number of nitrogen functional groups attached to an aromatic ring is 1. The van der Waals surface area contributed by atoms with Gasteiger partial charge in [0.1, 0.15) is 5.52 Å². The number of anilines is 2. The van der Waals surface area contributed by atoms with E-state index in [4.69, 9.17) is 10.2 Å². The van der Waals surface area contributed by atoms with Crippen molar-refractivity contribution in [1.82, 2.24) is 4.98 Å². The van der Waals surface area contributed by atoms with Gasteiger partial charge >= 0.3 is 0 Å². The third-order valence-corrected chi connectivity index (χ3v) is 3.27. The van der Waals surface area contributed by atoms with Crippen LogP contribution in [0.4, 0.5) is 11.7 Å². The van der Waals surface area contributed by atoms with E-state index in [-0.39, 0.29) is 0 Å². The Kier molecular flexibility index (Phi) is 2.92. The molecule has 0 amide bonds. The fourth-order valence-electron chi connectivity index (χ4n) is 2.31. The van der Waals surface area contributed by atoms with Crippen molar-refractivity contribution in [3.63, 3.8) is 0 Å². The monoisotopic (exact) mass is 243 g/mol. The quantitative estimate of drug-likeness (QED) is 0.638. The summed E-state index contributed by atoms with van der Waals surface area (Å²) >= 11 is 0. The van der Waals surface area contributed by atoms with Crippen LogP contribution in [0.25, 0.3) is 11.1 Å². The Hall–Kier alpha value is -1.97. The lowest BCUT2D eigenvalue weighted by atomic mass is 10.2. The minimum atomic E-state index is 0.578. The first-order chi connectivity index (χ1) is 8.81. The number of nitrogens with zero attached hydrogens (tertiary/aromatic N) is 1. The van der Waals surface area contributed by atoms with E-state index in [1.807, 2.05) is 12.1 Å². The molecule has 1 aromatic heterocycles. The van der Waals surface area contributed by atoms with Crippen LogP contribution in [0.1, 0.15) is 25.7 Å². The van der Waals surface area contributed by atoms with Crippen molar-refractivity contribution in [3.05, 3.63) is 29.8 Å². The lowest BCUT2D eigenvalue weighted by Gasteiger charge is -2.02. The smallest absolute Gasteiger partial charge is 0.295 e. The Balaban J connectivity index is 1.63. The molecule has 3 N–H and O–H groups in total. The van der Waals surface area contributed by atoms with Gasteiger partial charge in [-0.25, -0.2) is 0 Å². The second-order valence-electron chi connectivity index (χ2n) is 4.68. The Bertz CT molecular complexity index is 586. The number of fused-ring (bicyclic) bond motifs is 1. The zero-order valence-corrected chi connectivity index (χ0v) is 10.3. The third-order valence-electron chi connectivity index (χ3n) is 3.27. The molecule has 4 nitrogen and oxygen atoms in total. The number of nitrogens with one attached hydrogen (secondary N) is 1. The van der Waals surface area contributed by atoms with Gasteiger partial charge in [-0.2, -0.15) is 4.98 Å². The second kappa shape index (κ2) is 4.72. The van der Waals surface area contributed by atoms with Crippen LogP contribution in [0, 0.1) is 0 Å². The van der Waals surface area contributed by atoms with Crippen molar-refractivity contribution in [1.29, 1.82) is 0 Å². The maximum Gasteiger partial charge on any atom is 0.295 e. The van der Waals surface area contributed by atoms with Gasteiger partial charge in [0.25, 0.3) is 6.01 Å². The minimum absolute atomic E-state index is 0.578. The van der Waals surface area contributed by atoms with E-state index in [2.05, 4.69) is 16.4 Å². The minimum Gasteiger partial charge on any atom is -0.423 e. The van der Waals surface area contributed by atoms with E-state index in [0.717, 1.165) is 24.1 Å². The van der Waals surface area contributed by atoms with Crippen molar-refractivity contribution in [2.24, 2.45) is 0 Å².